The Morgan fingerprint density at radius 1 is 1.15 bits per heavy atom. The minimum absolute atomic E-state index is 0.127. The Balaban J connectivity index is 1.29. The minimum Gasteiger partial charge on any atom is -0.497 e. The Kier molecular flexibility index (Phi) is 5.54. The second-order valence-corrected chi connectivity index (χ2v) is 9.78. The van der Waals surface area contributed by atoms with Crippen molar-refractivity contribution in [1.29, 1.82) is 5.41 Å². The summed E-state index contributed by atoms with van der Waals surface area (Å²) >= 11 is 7.55. The fourth-order valence-corrected chi connectivity index (χ4v) is 5.67. The zero-order valence-corrected chi connectivity index (χ0v) is 19.7. The van der Waals surface area contributed by atoms with Crippen LogP contribution in [0.25, 0.3) is 0 Å². The molecule has 1 aromatic carbocycles. The van der Waals surface area contributed by atoms with Crippen molar-refractivity contribution in [2.45, 2.75) is 29.2 Å². The molecule has 1 aliphatic carbocycles. The van der Waals surface area contributed by atoms with Crippen molar-refractivity contribution in [3.63, 3.8) is 0 Å². The second kappa shape index (κ2) is 8.39. The van der Waals surface area contributed by atoms with Gasteiger partial charge in [0.05, 0.1) is 18.3 Å². The van der Waals surface area contributed by atoms with Gasteiger partial charge in [0.2, 0.25) is 0 Å². The van der Waals surface area contributed by atoms with Crippen molar-refractivity contribution in [2.75, 3.05) is 36.6 Å². The minimum atomic E-state index is -0.127. The van der Waals surface area contributed by atoms with Crippen LogP contribution in [0.2, 0.25) is 5.02 Å². The number of piperidine rings is 1. The molecule has 0 bridgehead atoms. The molecule has 0 radical (unpaired) electrons. The molecule has 0 unspecified atom stereocenters. The fourth-order valence-electron chi connectivity index (χ4n) is 4.65. The quantitative estimate of drug-likeness (QED) is 0.509. The zero-order valence-electron chi connectivity index (χ0n) is 18.1. The molecule has 33 heavy (non-hydrogen) atoms. The summed E-state index contributed by atoms with van der Waals surface area (Å²) in [4.78, 5) is 16.0. The van der Waals surface area contributed by atoms with E-state index in [2.05, 4.69) is 25.9 Å². The molecular weight excluding hydrogens is 458 g/mol. The van der Waals surface area contributed by atoms with Gasteiger partial charge in [0.15, 0.2) is 5.82 Å². The Hall–Kier alpha value is -3.04. The lowest BCUT2D eigenvalue weighted by atomic mass is 9.74. The number of hydrogen-bond acceptors (Lipinski definition) is 9. The standard InChI is InChI=1S/C23H24ClN7OS/c1-32-14-2-3-15-13(10-14)11-23(19(15)25)5-8-31(9-6-23)17-12-29-22(21(27)30-17)33-16-4-7-28-20(26)18(16)24/h2-4,7,10,12,25H,5-6,8-9,11H2,1H3,(H2,26,28)(H2,27,30). The van der Waals surface area contributed by atoms with Crippen LogP contribution in [0, 0.1) is 10.8 Å². The van der Waals surface area contributed by atoms with Crippen molar-refractivity contribution in [3.05, 3.63) is 52.8 Å². The van der Waals surface area contributed by atoms with E-state index in [4.69, 9.17) is 33.2 Å². The summed E-state index contributed by atoms with van der Waals surface area (Å²) in [6.07, 6.45) is 5.99. The van der Waals surface area contributed by atoms with E-state index in [-0.39, 0.29) is 11.2 Å². The number of hydrogen-bond donors (Lipinski definition) is 3. The van der Waals surface area contributed by atoms with Crippen LogP contribution in [-0.4, -0.2) is 40.9 Å². The van der Waals surface area contributed by atoms with Crippen LogP contribution in [-0.2, 0) is 6.42 Å². The number of pyridine rings is 1. The molecule has 2 aromatic heterocycles. The number of nitrogens with zero attached hydrogens (tertiary/aromatic N) is 4. The summed E-state index contributed by atoms with van der Waals surface area (Å²) in [5, 5.41) is 9.79. The SMILES string of the molecule is COc1ccc2c(c1)CC1(CCN(c3cnc(Sc4ccnc(N)c4Cl)c(N)n3)CC1)C2=N. The van der Waals surface area contributed by atoms with E-state index in [1.165, 1.54) is 17.3 Å². The van der Waals surface area contributed by atoms with Crippen LogP contribution in [0.3, 0.4) is 0 Å². The number of fused-ring (bicyclic) bond motifs is 1. The number of nitrogens with one attached hydrogen (secondary N) is 1. The van der Waals surface area contributed by atoms with Gasteiger partial charge in [-0.25, -0.2) is 15.0 Å². The topological polar surface area (TPSA) is 127 Å². The Morgan fingerprint density at radius 2 is 1.94 bits per heavy atom. The normalized spacial score (nSPS) is 16.8. The molecule has 10 heteroatoms. The van der Waals surface area contributed by atoms with Crippen molar-refractivity contribution >= 4 is 46.5 Å². The molecule has 0 atom stereocenters. The van der Waals surface area contributed by atoms with E-state index in [9.17, 15) is 0 Å². The summed E-state index contributed by atoms with van der Waals surface area (Å²) in [5.41, 5.74) is 14.9. The number of halogens is 1. The van der Waals surface area contributed by atoms with E-state index >= 15 is 0 Å². The number of nitrogen functional groups attached to an aromatic ring is 2. The van der Waals surface area contributed by atoms with Gasteiger partial charge in [-0.05, 0) is 54.7 Å². The molecule has 170 valence electrons. The van der Waals surface area contributed by atoms with Gasteiger partial charge in [0.1, 0.15) is 22.4 Å². The van der Waals surface area contributed by atoms with Crippen molar-refractivity contribution in [3.8, 4) is 5.75 Å². The summed E-state index contributed by atoms with van der Waals surface area (Å²) < 4.78 is 5.37. The summed E-state index contributed by atoms with van der Waals surface area (Å²) in [6, 6.07) is 7.79. The van der Waals surface area contributed by atoms with Gasteiger partial charge in [-0.3, -0.25) is 0 Å². The molecule has 5 rings (SSSR count). The first-order valence-electron chi connectivity index (χ1n) is 10.6. The summed E-state index contributed by atoms with van der Waals surface area (Å²) in [6.45, 7) is 1.58. The number of aromatic nitrogens is 3. The van der Waals surface area contributed by atoms with Gasteiger partial charge in [-0.1, -0.05) is 23.4 Å². The largest absolute Gasteiger partial charge is 0.497 e. The monoisotopic (exact) mass is 481 g/mol. The lowest BCUT2D eigenvalue weighted by Crippen LogP contribution is -2.43. The molecule has 0 amide bonds. The van der Waals surface area contributed by atoms with E-state index in [0.29, 0.717) is 15.9 Å². The van der Waals surface area contributed by atoms with Gasteiger partial charge >= 0.3 is 0 Å². The predicted molar refractivity (Wildman–Crippen MR) is 132 cm³/mol. The van der Waals surface area contributed by atoms with Gasteiger partial charge in [0.25, 0.3) is 0 Å². The lowest BCUT2D eigenvalue weighted by molar-refractivity contribution is 0.328. The molecule has 5 N–H and O–H groups in total. The van der Waals surface area contributed by atoms with Gasteiger partial charge < -0.3 is 26.5 Å². The van der Waals surface area contributed by atoms with Crippen LogP contribution in [0.5, 0.6) is 5.75 Å². The highest BCUT2D eigenvalue weighted by Gasteiger charge is 2.44. The van der Waals surface area contributed by atoms with Crippen LogP contribution in [0.15, 0.2) is 46.6 Å². The van der Waals surface area contributed by atoms with Crippen LogP contribution in [0.1, 0.15) is 24.0 Å². The third kappa shape index (κ3) is 3.85. The smallest absolute Gasteiger partial charge is 0.158 e. The average Bonchev–Trinajstić information content (AvgIpc) is 3.09. The predicted octanol–water partition coefficient (Wildman–Crippen LogP) is 4.06. The number of ether oxygens (including phenoxy) is 1. The maximum atomic E-state index is 8.84. The molecule has 1 fully saturated rings. The van der Waals surface area contributed by atoms with Crippen molar-refractivity contribution in [1.82, 2.24) is 15.0 Å². The highest BCUT2D eigenvalue weighted by Crippen LogP contribution is 2.46. The maximum absolute atomic E-state index is 8.84. The Morgan fingerprint density at radius 3 is 2.67 bits per heavy atom. The van der Waals surface area contributed by atoms with E-state index in [1.807, 2.05) is 12.1 Å². The highest BCUT2D eigenvalue weighted by molar-refractivity contribution is 7.99. The Labute approximate surface area is 201 Å². The van der Waals surface area contributed by atoms with Gasteiger partial charge in [-0.2, -0.15) is 0 Å². The summed E-state index contributed by atoms with van der Waals surface area (Å²) in [7, 11) is 1.67. The number of rotatable bonds is 4. The van der Waals surface area contributed by atoms with Crippen molar-refractivity contribution < 1.29 is 4.74 Å². The molecule has 2 aliphatic rings. The number of benzene rings is 1. The van der Waals surface area contributed by atoms with Crippen LogP contribution >= 0.6 is 23.4 Å². The Bertz CT molecular complexity index is 1240. The van der Waals surface area contributed by atoms with E-state index in [0.717, 1.165) is 60.1 Å². The second-order valence-electron chi connectivity index (χ2n) is 8.37. The van der Waals surface area contributed by atoms with E-state index < -0.39 is 0 Å². The molecule has 1 saturated heterocycles. The molecule has 1 spiro atoms. The highest BCUT2D eigenvalue weighted by atomic mass is 35.5. The first-order chi connectivity index (χ1) is 15.9. The zero-order chi connectivity index (χ0) is 23.2. The van der Waals surface area contributed by atoms with Crippen molar-refractivity contribution in [2.24, 2.45) is 5.41 Å². The van der Waals surface area contributed by atoms with Crippen LogP contribution < -0.4 is 21.1 Å². The lowest BCUT2D eigenvalue weighted by Gasteiger charge is -2.39. The summed E-state index contributed by atoms with van der Waals surface area (Å²) in [5.74, 6) is 2.20. The number of methoxy groups -OCH3 is 1. The molecule has 1 aliphatic heterocycles. The number of nitrogens with two attached hydrogens (primary N) is 2. The third-order valence-electron chi connectivity index (χ3n) is 6.52. The third-order valence-corrected chi connectivity index (χ3v) is 8.10. The molecule has 8 nitrogen and oxygen atoms in total. The molecule has 3 aromatic rings. The first kappa shape index (κ1) is 21.8. The fraction of sp³-hybridized carbons (Fsp3) is 0.304. The number of anilines is 3. The first-order valence-corrected chi connectivity index (χ1v) is 11.8. The van der Waals surface area contributed by atoms with E-state index in [1.54, 1.807) is 25.6 Å². The van der Waals surface area contributed by atoms with Gasteiger partial charge in [-0.15, -0.1) is 0 Å². The molecule has 3 heterocycles. The average molecular weight is 482 g/mol. The maximum Gasteiger partial charge on any atom is 0.158 e. The van der Waals surface area contributed by atoms with Crippen LogP contribution in [0.4, 0.5) is 17.5 Å². The van der Waals surface area contributed by atoms with Gasteiger partial charge in [0, 0.05) is 35.3 Å². The molecular formula is C23H24ClN7OS. The molecule has 0 saturated carbocycles.